The van der Waals surface area contributed by atoms with E-state index < -0.39 is 0 Å². The highest BCUT2D eigenvalue weighted by molar-refractivity contribution is 5.36. The van der Waals surface area contributed by atoms with Gasteiger partial charge < -0.3 is 15.2 Å². The molecule has 0 bridgehead atoms. The van der Waals surface area contributed by atoms with Gasteiger partial charge in [0.2, 0.25) is 5.95 Å². The number of ether oxygens (including phenoxy) is 2. The van der Waals surface area contributed by atoms with Crippen molar-refractivity contribution in [2.75, 3.05) is 20.0 Å². The lowest BCUT2D eigenvalue weighted by Gasteiger charge is -2.09. The van der Waals surface area contributed by atoms with Gasteiger partial charge in [0.1, 0.15) is 5.69 Å². The Morgan fingerprint density at radius 2 is 2.00 bits per heavy atom. The zero-order valence-corrected chi connectivity index (χ0v) is 8.00. The Labute approximate surface area is 76.9 Å². The number of methoxy groups -OCH3 is 2. The van der Waals surface area contributed by atoms with Gasteiger partial charge in [-0.1, -0.05) is 0 Å². The van der Waals surface area contributed by atoms with E-state index in [1.165, 1.54) is 0 Å². The van der Waals surface area contributed by atoms with Crippen molar-refractivity contribution in [2.24, 2.45) is 0 Å². The highest BCUT2D eigenvalue weighted by Gasteiger charge is 2.09. The molecule has 0 spiro atoms. The number of nitrogen functional groups attached to an aromatic ring is 1. The van der Waals surface area contributed by atoms with Crippen LogP contribution in [0.15, 0.2) is 0 Å². The van der Waals surface area contributed by atoms with Gasteiger partial charge in [0.15, 0.2) is 5.75 Å². The fraction of sp³-hybridized carbons (Fsp3) is 0.500. The summed E-state index contributed by atoms with van der Waals surface area (Å²) in [5, 5.41) is 0. The van der Waals surface area contributed by atoms with Crippen molar-refractivity contribution in [3.05, 3.63) is 11.4 Å². The van der Waals surface area contributed by atoms with Crippen molar-refractivity contribution < 1.29 is 9.47 Å². The molecule has 0 saturated carbocycles. The minimum Gasteiger partial charge on any atom is -0.493 e. The SMILES string of the molecule is COCc1nc(N)nc(C)c1OC. The molecule has 0 aliphatic rings. The summed E-state index contributed by atoms with van der Waals surface area (Å²) in [6, 6.07) is 0. The maximum absolute atomic E-state index is 5.48. The number of aromatic nitrogens is 2. The van der Waals surface area contributed by atoms with E-state index in [0.29, 0.717) is 18.1 Å². The number of rotatable bonds is 3. The maximum atomic E-state index is 5.48. The van der Waals surface area contributed by atoms with E-state index in [4.69, 9.17) is 15.2 Å². The van der Waals surface area contributed by atoms with E-state index in [-0.39, 0.29) is 5.95 Å². The van der Waals surface area contributed by atoms with E-state index in [2.05, 4.69) is 9.97 Å². The molecule has 0 aliphatic heterocycles. The molecule has 5 heteroatoms. The van der Waals surface area contributed by atoms with E-state index >= 15 is 0 Å². The summed E-state index contributed by atoms with van der Waals surface area (Å²) in [5.74, 6) is 0.876. The van der Waals surface area contributed by atoms with Gasteiger partial charge in [-0.15, -0.1) is 0 Å². The monoisotopic (exact) mass is 183 g/mol. The summed E-state index contributed by atoms with van der Waals surface area (Å²) in [4.78, 5) is 7.98. The van der Waals surface area contributed by atoms with Crippen LogP contribution in [0.5, 0.6) is 5.75 Å². The Balaban J connectivity index is 3.13. The second-order valence-corrected chi connectivity index (χ2v) is 2.58. The fourth-order valence-corrected chi connectivity index (χ4v) is 1.15. The predicted molar refractivity (Wildman–Crippen MR) is 48.4 cm³/mol. The number of hydrogen-bond donors (Lipinski definition) is 1. The minimum atomic E-state index is 0.241. The van der Waals surface area contributed by atoms with Crippen molar-refractivity contribution in [3.63, 3.8) is 0 Å². The first-order valence-corrected chi connectivity index (χ1v) is 3.85. The molecule has 2 N–H and O–H groups in total. The second-order valence-electron chi connectivity index (χ2n) is 2.58. The molecule has 1 rings (SSSR count). The zero-order valence-electron chi connectivity index (χ0n) is 8.00. The van der Waals surface area contributed by atoms with Crippen LogP contribution in [0.4, 0.5) is 5.95 Å². The van der Waals surface area contributed by atoms with Gasteiger partial charge >= 0.3 is 0 Å². The Bertz CT molecular complexity index is 302. The lowest BCUT2D eigenvalue weighted by molar-refractivity contribution is 0.177. The Morgan fingerprint density at radius 3 is 2.54 bits per heavy atom. The summed E-state index contributed by atoms with van der Waals surface area (Å²) in [6.07, 6.45) is 0. The number of nitrogens with zero attached hydrogens (tertiary/aromatic N) is 2. The molecule has 0 unspecified atom stereocenters. The third kappa shape index (κ3) is 2.06. The van der Waals surface area contributed by atoms with Crippen molar-refractivity contribution in [1.82, 2.24) is 9.97 Å². The smallest absolute Gasteiger partial charge is 0.220 e. The molecule has 72 valence electrons. The first kappa shape index (κ1) is 9.73. The summed E-state index contributed by atoms with van der Waals surface area (Å²) in [6.45, 7) is 2.19. The Morgan fingerprint density at radius 1 is 1.31 bits per heavy atom. The molecule has 0 radical (unpaired) electrons. The lowest BCUT2D eigenvalue weighted by atomic mass is 10.3. The van der Waals surface area contributed by atoms with Gasteiger partial charge in [-0.3, -0.25) is 0 Å². The van der Waals surface area contributed by atoms with Crippen LogP contribution in [0.2, 0.25) is 0 Å². The molecule has 1 aromatic heterocycles. The van der Waals surface area contributed by atoms with Crippen molar-refractivity contribution >= 4 is 5.95 Å². The van der Waals surface area contributed by atoms with E-state index in [1.54, 1.807) is 14.2 Å². The van der Waals surface area contributed by atoms with Crippen LogP contribution < -0.4 is 10.5 Å². The molecule has 0 fully saturated rings. The number of aryl methyl sites for hydroxylation is 1. The number of anilines is 1. The van der Waals surface area contributed by atoms with Crippen molar-refractivity contribution in [2.45, 2.75) is 13.5 Å². The fourth-order valence-electron chi connectivity index (χ4n) is 1.15. The first-order chi connectivity index (χ1) is 6.19. The van der Waals surface area contributed by atoms with Crippen molar-refractivity contribution in [3.8, 4) is 5.75 Å². The quantitative estimate of drug-likeness (QED) is 0.739. The molecule has 13 heavy (non-hydrogen) atoms. The Hall–Kier alpha value is -1.36. The molecule has 0 saturated heterocycles. The van der Waals surface area contributed by atoms with Gasteiger partial charge in [0, 0.05) is 7.11 Å². The average molecular weight is 183 g/mol. The molecule has 0 atom stereocenters. The minimum absolute atomic E-state index is 0.241. The standard InChI is InChI=1S/C8H13N3O2/c1-5-7(13-3)6(4-12-2)11-8(9)10-5/h4H2,1-3H3,(H2,9,10,11). The van der Waals surface area contributed by atoms with Gasteiger partial charge in [-0.25, -0.2) is 9.97 Å². The maximum Gasteiger partial charge on any atom is 0.220 e. The zero-order chi connectivity index (χ0) is 9.84. The van der Waals surface area contributed by atoms with Crippen LogP contribution in [0, 0.1) is 6.92 Å². The highest BCUT2D eigenvalue weighted by Crippen LogP contribution is 2.20. The van der Waals surface area contributed by atoms with E-state index in [1.807, 2.05) is 6.92 Å². The molecule has 1 heterocycles. The average Bonchev–Trinajstić information content (AvgIpc) is 2.04. The highest BCUT2D eigenvalue weighted by atomic mass is 16.5. The summed E-state index contributed by atoms with van der Waals surface area (Å²) in [7, 11) is 3.16. The normalized spacial score (nSPS) is 10.1. The van der Waals surface area contributed by atoms with E-state index in [0.717, 1.165) is 5.69 Å². The molecule has 0 aromatic carbocycles. The topological polar surface area (TPSA) is 70.3 Å². The van der Waals surface area contributed by atoms with Gasteiger partial charge in [-0.2, -0.15) is 0 Å². The van der Waals surface area contributed by atoms with Crippen LogP contribution in [-0.2, 0) is 11.3 Å². The van der Waals surface area contributed by atoms with Crippen LogP contribution in [0.1, 0.15) is 11.4 Å². The molecule has 0 amide bonds. The first-order valence-electron chi connectivity index (χ1n) is 3.85. The van der Waals surface area contributed by atoms with Crippen LogP contribution in [0.3, 0.4) is 0 Å². The third-order valence-corrected chi connectivity index (χ3v) is 1.61. The number of nitrogens with two attached hydrogens (primary N) is 1. The largest absolute Gasteiger partial charge is 0.493 e. The van der Waals surface area contributed by atoms with Crippen LogP contribution in [0.25, 0.3) is 0 Å². The van der Waals surface area contributed by atoms with Gasteiger partial charge in [0.25, 0.3) is 0 Å². The molecule has 5 nitrogen and oxygen atoms in total. The van der Waals surface area contributed by atoms with Gasteiger partial charge in [0.05, 0.1) is 19.4 Å². The van der Waals surface area contributed by atoms with Gasteiger partial charge in [-0.05, 0) is 6.92 Å². The summed E-state index contributed by atoms with van der Waals surface area (Å²) in [5.41, 5.74) is 6.88. The van der Waals surface area contributed by atoms with Crippen LogP contribution in [-0.4, -0.2) is 24.2 Å². The molecule has 0 aliphatic carbocycles. The predicted octanol–water partition coefficient (Wildman–Crippen LogP) is 0.522. The molecular formula is C8H13N3O2. The van der Waals surface area contributed by atoms with Crippen molar-refractivity contribution in [1.29, 1.82) is 0 Å². The second kappa shape index (κ2) is 4.04. The lowest BCUT2D eigenvalue weighted by Crippen LogP contribution is -2.05. The summed E-state index contributed by atoms with van der Waals surface area (Å²) >= 11 is 0. The van der Waals surface area contributed by atoms with Crippen LogP contribution >= 0.6 is 0 Å². The van der Waals surface area contributed by atoms with E-state index in [9.17, 15) is 0 Å². The molecule has 1 aromatic rings. The Kier molecular flexibility index (Phi) is 3.02. The third-order valence-electron chi connectivity index (χ3n) is 1.61. The number of hydrogen-bond acceptors (Lipinski definition) is 5. The summed E-state index contributed by atoms with van der Waals surface area (Å²) < 4.78 is 10.1. The molecular weight excluding hydrogens is 170 g/mol.